The molecule has 2 aliphatic rings. The Morgan fingerprint density at radius 2 is 2.06 bits per heavy atom. The third kappa shape index (κ3) is 4.62. The maximum absolute atomic E-state index is 12.0. The van der Waals surface area contributed by atoms with Gasteiger partial charge in [-0.2, -0.15) is 0 Å². The molecule has 2 fully saturated rings. The summed E-state index contributed by atoms with van der Waals surface area (Å²) in [5, 5.41) is 7.05. The summed E-state index contributed by atoms with van der Waals surface area (Å²) in [6.45, 7) is 1.82. The number of nitrogens with zero attached hydrogens (tertiary/aromatic N) is 3. The van der Waals surface area contributed by atoms with Gasteiger partial charge in [-0.15, -0.1) is 0 Å². The van der Waals surface area contributed by atoms with Crippen molar-refractivity contribution in [1.29, 1.82) is 0 Å². The van der Waals surface area contributed by atoms with Crippen molar-refractivity contribution in [3.8, 4) is 5.75 Å². The highest BCUT2D eigenvalue weighted by molar-refractivity contribution is 7.80. The summed E-state index contributed by atoms with van der Waals surface area (Å²) in [7, 11) is 1.61. The van der Waals surface area contributed by atoms with Crippen LogP contribution in [0.5, 0.6) is 5.75 Å². The van der Waals surface area contributed by atoms with Crippen LogP contribution in [0.1, 0.15) is 68.4 Å². The molecule has 1 aliphatic heterocycles. The van der Waals surface area contributed by atoms with Crippen LogP contribution in [0.4, 0.5) is 11.4 Å². The normalized spacial score (nSPS) is 20.2. The maximum atomic E-state index is 12.0. The summed E-state index contributed by atoms with van der Waals surface area (Å²) in [5.74, 6) is 0.534. The van der Waals surface area contributed by atoms with Crippen LogP contribution in [-0.2, 0) is 4.79 Å². The number of pyridine rings is 1. The summed E-state index contributed by atoms with van der Waals surface area (Å²) < 4.78 is 7.99. The minimum atomic E-state index is -0.103. The molecule has 0 unspecified atom stereocenters. The van der Waals surface area contributed by atoms with E-state index in [-0.39, 0.29) is 18.0 Å². The van der Waals surface area contributed by atoms with Crippen LogP contribution in [0.2, 0.25) is 0 Å². The second-order valence-corrected chi connectivity index (χ2v) is 9.50. The van der Waals surface area contributed by atoms with Gasteiger partial charge in [0.1, 0.15) is 5.75 Å². The first-order chi connectivity index (χ1) is 17.1. The average Bonchev–Trinajstić information content (AvgIpc) is 3.64. The van der Waals surface area contributed by atoms with Crippen molar-refractivity contribution in [2.24, 2.45) is 0 Å². The van der Waals surface area contributed by atoms with Crippen LogP contribution in [0, 0.1) is 0 Å². The molecular weight excluding hydrogens is 458 g/mol. The van der Waals surface area contributed by atoms with Gasteiger partial charge in [0, 0.05) is 42.8 Å². The van der Waals surface area contributed by atoms with E-state index in [2.05, 4.69) is 43.5 Å². The standard InChI is InChI=1S/C27H31N5O2S/c1-3-24(33)29-21-12-11-20(16-23(21)34-2)32-26(18-13-15-31(17-18)19-8-4-5-9-19)25(30-27(32)35)22-10-6-7-14-28-22/h6-7,10-17,19,25-26H,3-5,8-9H2,1-2H3,(H,29,33)(H,30,35)/t25-,26+/m0/s1. The number of anilines is 2. The number of nitrogens with one attached hydrogen (secondary N) is 2. The highest BCUT2D eigenvalue weighted by Crippen LogP contribution is 2.44. The summed E-state index contributed by atoms with van der Waals surface area (Å²) in [4.78, 5) is 18.8. The lowest BCUT2D eigenvalue weighted by Crippen LogP contribution is -2.29. The van der Waals surface area contributed by atoms with Gasteiger partial charge in [0.05, 0.1) is 30.6 Å². The van der Waals surface area contributed by atoms with E-state index in [1.165, 1.54) is 31.2 Å². The van der Waals surface area contributed by atoms with E-state index in [9.17, 15) is 4.79 Å². The van der Waals surface area contributed by atoms with Gasteiger partial charge >= 0.3 is 0 Å². The fraction of sp³-hybridized carbons (Fsp3) is 0.370. The predicted molar refractivity (Wildman–Crippen MR) is 142 cm³/mol. The Labute approximate surface area is 211 Å². The highest BCUT2D eigenvalue weighted by atomic mass is 32.1. The minimum Gasteiger partial charge on any atom is -0.494 e. The SMILES string of the molecule is CCC(=O)Nc1ccc(N2C(=S)N[C@@H](c3ccccn3)[C@H]2c2ccn(C3CCCC3)c2)cc1OC. The predicted octanol–water partition coefficient (Wildman–Crippen LogP) is 5.53. The number of amides is 1. The van der Waals surface area contributed by atoms with Crippen LogP contribution in [0.3, 0.4) is 0 Å². The lowest BCUT2D eigenvalue weighted by Gasteiger charge is -2.28. The molecule has 8 heteroatoms. The van der Waals surface area contributed by atoms with E-state index in [1.54, 1.807) is 7.11 Å². The largest absolute Gasteiger partial charge is 0.494 e. The Kier molecular flexibility index (Phi) is 6.72. The number of carbonyl (C=O) groups excluding carboxylic acids is 1. The highest BCUT2D eigenvalue weighted by Gasteiger charge is 2.41. The Morgan fingerprint density at radius 3 is 2.77 bits per heavy atom. The van der Waals surface area contributed by atoms with Gasteiger partial charge in [-0.05, 0) is 61.0 Å². The van der Waals surface area contributed by atoms with E-state index >= 15 is 0 Å². The van der Waals surface area contributed by atoms with Gasteiger partial charge in [0.15, 0.2) is 5.11 Å². The van der Waals surface area contributed by atoms with Gasteiger partial charge in [0.2, 0.25) is 5.91 Å². The average molecular weight is 490 g/mol. The van der Waals surface area contributed by atoms with Crippen LogP contribution in [0.15, 0.2) is 61.1 Å². The van der Waals surface area contributed by atoms with Crippen molar-refractivity contribution in [2.75, 3.05) is 17.3 Å². The fourth-order valence-electron chi connectivity index (χ4n) is 5.18. The minimum absolute atomic E-state index is 0.0595. The smallest absolute Gasteiger partial charge is 0.224 e. The molecule has 2 aromatic heterocycles. The molecule has 35 heavy (non-hydrogen) atoms. The first kappa shape index (κ1) is 23.4. The van der Waals surface area contributed by atoms with E-state index in [4.69, 9.17) is 17.0 Å². The Balaban J connectivity index is 1.54. The van der Waals surface area contributed by atoms with Gasteiger partial charge in [-0.3, -0.25) is 9.78 Å². The molecule has 1 amide bonds. The monoisotopic (exact) mass is 489 g/mol. The summed E-state index contributed by atoms with van der Waals surface area (Å²) in [5.41, 5.74) is 3.66. The molecule has 7 nitrogen and oxygen atoms in total. The van der Waals surface area contributed by atoms with Crippen molar-refractivity contribution >= 4 is 34.6 Å². The summed E-state index contributed by atoms with van der Waals surface area (Å²) >= 11 is 5.86. The number of thiocarbonyl (C=S) groups is 1. The van der Waals surface area contributed by atoms with Gasteiger partial charge in [-0.25, -0.2) is 0 Å². The van der Waals surface area contributed by atoms with Crippen molar-refractivity contribution < 1.29 is 9.53 Å². The van der Waals surface area contributed by atoms with E-state index in [1.807, 2.05) is 49.5 Å². The Bertz CT molecular complexity index is 1210. The lowest BCUT2D eigenvalue weighted by atomic mass is 9.98. The van der Waals surface area contributed by atoms with Crippen molar-refractivity contribution in [2.45, 2.75) is 57.2 Å². The Hall–Kier alpha value is -3.39. The number of hydrogen-bond donors (Lipinski definition) is 2. The molecule has 3 aromatic rings. The van der Waals surface area contributed by atoms with E-state index in [0.717, 1.165) is 11.4 Å². The first-order valence-electron chi connectivity index (χ1n) is 12.2. The molecule has 0 bridgehead atoms. The van der Waals surface area contributed by atoms with E-state index in [0.29, 0.717) is 29.0 Å². The fourth-order valence-corrected chi connectivity index (χ4v) is 5.52. The third-order valence-corrected chi connectivity index (χ3v) is 7.30. The molecule has 3 heterocycles. The number of hydrogen-bond acceptors (Lipinski definition) is 4. The maximum Gasteiger partial charge on any atom is 0.224 e. The molecule has 1 aromatic carbocycles. The molecule has 1 saturated heterocycles. The summed E-state index contributed by atoms with van der Waals surface area (Å²) in [6, 6.07) is 14.3. The number of rotatable bonds is 7. The number of methoxy groups -OCH3 is 1. The molecule has 1 saturated carbocycles. The zero-order valence-electron chi connectivity index (χ0n) is 20.1. The number of carbonyl (C=O) groups is 1. The van der Waals surface area contributed by atoms with Crippen LogP contribution in [0.25, 0.3) is 0 Å². The second-order valence-electron chi connectivity index (χ2n) is 9.11. The Morgan fingerprint density at radius 1 is 1.23 bits per heavy atom. The second kappa shape index (κ2) is 10.1. The molecule has 0 spiro atoms. The third-order valence-electron chi connectivity index (χ3n) is 6.98. The molecule has 2 N–H and O–H groups in total. The molecule has 5 rings (SSSR count). The molecular formula is C27H31N5O2S. The number of ether oxygens (including phenoxy) is 1. The van der Waals surface area contributed by atoms with Gasteiger partial charge in [-0.1, -0.05) is 25.8 Å². The van der Waals surface area contributed by atoms with Crippen LogP contribution >= 0.6 is 12.2 Å². The summed E-state index contributed by atoms with van der Waals surface area (Å²) in [6.07, 6.45) is 11.7. The van der Waals surface area contributed by atoms with Gasteiger partial charge < -0.3 is 24.8 Å². The molecule has 0 radical (unpaired) electrons. The van der Waals surface area contributed by atoms with E-state index < -0.39 is 0 Å². The molecule has 182 valence electrons. The topological polar surface area (TPSA) is 71.4 Å². The van der Waals surface area contributed by atoms with Gasteiger partial charge in [0.25, 0.3) is 0 Å². The molecule has 2 atom stereocenters. The van der Waals surface area contributed by atoms with Crippen LogP contribution < -0.4 is 20.3 Å². The van der Waals surface area contributed by atoms with Crippen molar-refractivity contribution in [3.05, 3.63) is 72.3 Å². The zero-order valence-corrected chi connectivity index (χ0v) is 20.9. The zero-order chi connectivity index (χ0) is 24.4. The van der Waals surface area contributed by atoms with Crippen molar-refractivity contribution in [1.82, 2.24) is 14.9 Å². The number of aromatic nitrogens is 2. The quantitative estimate of drug-likeness (QED) is 0.425. The van der Waals surface area contributed by atoms with Crippen molar-refractivity contribution in [3.63, 3.8) is 0 Å². The molecule has 1 aliphatic carbocycles. The van der Waals surface area contributed by atoms with Crippen LogP contribution in [-0.4, -0.2) is 27.7 Å². The first-order valence-corrected chi connectivity index (χ1v) is 12.7. The number of benzene rings is 1. The lowest BCUT2D eigenvalue weighted by molar-refractivity contribution is -0.115.